The number of aliphatic hydroxyl groups excluding tert-OH is 2. The number of carbonyl (C=O) groups is 6. The van der Waals surface area contributed by atoms with E-state index in [4.69, 9.17) is 14.2 Å². The SMILES string of the molecule is O=C(O)C(=C1OC(=O)C(c2cc3c4c(c(O)cc(C5=C(O)C(=C(C(=O)O)c6ccc(O)cc6)OC5=O)c4c2)OC(=O)C3=O)=C1O)c1ccc(O)cc1. The van der Waals surface area contributed by atoms with E-state index in [0.717, 1.165) is 42.5 Å². The standard InChI is InChI=1S/C36H18O16/c37-15-5-1-12(2-6-15)22(32(43)44)30-27(41)21(34(47)51-30)14-9-17-18(11-20(39)29-24(17)19(10-14)26(40)36(49)50-29)25-28(42)31(52-35(25)48)23(33(45)46)13-3-7-16(38)8-4-13/h1-11,37-39,41-42H,(H,43,44)(H,45,46). The van der Waals surface area contributed by atoms with Gasteiger partial charge in [0.25, 0.3) is 5.78 Å². The van der Waals surface area contributed by atoms with E-state index < -0.39 is 104 Å². The molecule has 16 nitrogen and oxygen atoms in total. The number of ketones is 1. The Hall–Kier alpha value is -7.88. The van der Waals surface area contributed by atoms with Gasteiger partial charge in [-0.15, -0.1) is 0 Å². The third-order valence-corrected chi connectivity index (χ3v) is 8.25. The number of phenols is 3. The molecular formula is C36H18O16. The molecule has 0 radical (unpaired) electrons. The van der Waals surface area contributed by atoms with Crippen LogP contribution in [0.2, 0.25) is 0 Å². The molecule has 0 saturated carbocycles. The number of rotatable bonds is 6. The molecule has 0 atom stereocenters. The van der Waals surface area contributed by atoms with Crippen LogP contribution >= 0.6 is 0 Å². The lowest BCUT2D eigenvalue weighted by Crippen LogP contribution is -2.25. The van der Waals surface area contributed by atoms with E-state index >= 15 is 0 Å². The first-order chi connectivity index (χ1) is 24.7. The number of carboxylic acid groups (broad SMARTS) is 2. The Morgan fingerprint density at radius 3 is 1.52 bits per heavy atom. The molecule has 16 heteroatoms. The number of hydrogen-bond donors (Lipinski definition) is 7. The summed E-state index contributed by atoms with van der Waals surface area (Å²) in [5.41, 5.74) is -4.33. The summed E-state index contributed by atoms with van der Waals surface area (Å²) in [6, 6.07) is 12.1. The van der Waals surface area contributed by atoms with Crippen molar-refractivity contribution < 1.29 is 78.7 Å². The maximum atomic E-state index is 13.4. The van der Waals surface area contributed by atoms with Gasteiger partial charge in [0.2, 0.25) is 0 Å². The van der Waals surface area contributed by atoms with Crippen LogP contribution in [0.4, 0.5) is 0 Å². The lowest BCUT2D eigenvalue weighted by atomic mass is 9.87. The van der Waals surface area contributed by atoms with Crippen molar-refractivity contribution in [2.75, 3.05) is 0 Å². The van der Waals surface area contributed by atoms with E-state index in [9.17, 15) is 64.5 Å². The van der Waals surface area contributed by atoms with Crippen molar-refractivity contribution >= 4 is 68.7 Å². The van der Waals surface area contributed by atoms with Gasteiger partial charge in [-0.05, 0) is 64.5 Å². The number of benzene rings is 4. The molecule has 4 aromatic carbocycles. The summed E-state index contributed by atoms with van der Waals surface area (Å²) in [4.78, 5) is 77.0. The molecule has 0 bridgehead atoms. The number of cyclic esters (lactones) is 2. The Kier molecular flexibility index (Phi) is 7.30. The Bertz CT molecular complexity index is 2530. The minimum Gasteiger partial charge on any atom is -0.508 e. The number of Topliss-reactive ketones (excluding diaryl/α,β-unsaturated/α-hetero) is 1. The highest BCUT2D eigenvalue weighted by atomic mass is 16.6. The molecule has 3 heterocycles. The van der Waals surface area contributed by atoms with Gasteiger partial charge in [0.1, 0.15) is 33.8 Å². The zero-order valence-electron chi connectivity index (χ0n) is 25.7. The maximum absolute atomic E-state index is 13.4. The van der Waals surface area contributed by atoms with Crippen molar-refractivity contribution in [1.82, 2.24) is 0 Å². The predicted octanol–water partition coefficient (Wildman–Crippen LogP) is 3.70. The van der Waals surface area contributed by atoms with Crippen LogP contribution in [0, 0.1) is 0 Å². The molecule has 0 aliphatic carbocycles. The molecular weight excluding hydrogens is 688 g/mol. The van der Waals surface area contributed by atoms with Crippen molar-refractivity contribution in [1.29, 1.82) is 0 Å². The largest absolute Gasteiger partial charge is 0.508 e. The van der Waals surface area contributed by atoms with Crippen LogP contribution in [0.25, 0.3) is 33.1 Å². The monoisotopic (exact) mass is 706 g/mol. The highest BCUT2D eigenvalue weighted by molar-refractivity contribution is 6.46. The van der Waals surface area contributed by atoms with E-state index in [1.165, 1.54) is 24.3 Å². The van der Waals surface area contributed by atoms with Crippen LogP contribution < -0.4 is 4.74 Å². The average molecular weight is 707 g/mol. The molecule has 258 valence electrons. The minimum atomic E-state index is -1.65. The number of esters is 3. The van der Waals surface area contributed by atoms with E-state index in [-0.39, 0.29) is 39.0 Å². The smallest absolute Gasteiger partial charge is 0.385 e. The first-order valence-electron chi connectivity index (χ1n) is 14.6. The zero-order valence-corrected chi connectivity index (χ0v) is 25.7. The Morgan fingerprint density at radius 1 is 0.538 bits per heavy atom. The highest BCUT2D eigenvalue weighted by Gasteiger charge is 2.41. The van der Waals surface area contributed by atoms with Crippen LogP contribution in [-0.2, 0) is 33.4 Å². The zero-order chi connectivity index (χ0) is 37.3. The minimum absolute atomic E-state index is 0.0890. The Balaban J connectivity index is 1.52. The number of hydrogen-bond acceptors (Lipinski definition) is 14. The first kappa shape index (κ1) is 32.7. The van der Waals surface area contributed by atoms with Gasteiger partial charge in [0.05, 0.1) is 0 Å². The maximum Gasteiger partial charge on any atom is 0.385 e. The third-order valence-electron chi connectivity index (χ3n) is 8.25. The number of phenolic OH excluding ortho intramolecular Hbond substituents is 3. The second-order valence-electron chi connectivity index (χ2n) is 11.3. The van der Waals surface area contributed by atoms with E-state index in [1.54, 1.807) is 0 Å². The van der Waals surface area contributed by atoms with E-state index in [2.05, 4.69) is 0 Å². The molecule has 0 spiro atoms. The van der Waals surface area contributed by atoms with Gasteiger partial charge in [0.15, 0.2) is 34.5 Å². The fourth-order valence-corrected chi connectivity index (χ4v) is 5.98. The van der Waals surface area contributed by atoms with Gasteiger partial charge in [-0.25, -0.2) is 24.0 Å². The van der Waals surface area contributed by atoms with Crippen LogP contribution in [0.5, 0.6) is 23.0 Å². The average Bonchev–Trinajstić information content (AvgIpc) is 3.54. The van der Waals surface area contributed by atoms with Gasteiger partial charge in [0, 0.05) is 16.5 Å². The van der Waals surface area contributed by atoms with E-state index in [1.807, 2.05) is 0 Å². The number of carbonyl (C=O) groups excluding carboxylic acids is 4. The molecule has 0 saturated heterocycles. The summed E-state index contributed by atoms with van der Waals surface area (Å²) in [6.45, 7) is 0. The van der Waals surface area contributed by atoms with Crippen molar-refractivity contribution in [3.05, 3.63) is 118 Å². The highest BCUT2D eigenvalue weighted by Crippen LogP contribution is 2.48. The fraction of sp³-hybridized carbons (Fsp3) is 0. The second kappa shape index (κ2) is 11.6. The van der Waals surface area contributed by atoms with Gasteiger partial charge < -0.3 is 50.0 Å². The Labute approximate surface area is 287 Å². The normalized spacial score (nSPS) is 17.3. The summed E-state index contributed by atoms with van der Waals surface area (Å²) < 4.78 is 15.4. The molecule has 4 aromatic rings. The first-order valence-corrected chi connectivity index (χ1v) is 14.6. The van der Waals surface area contributed by atoms with Crippen molar-refractivity contribution in [3.8, 4) is 23.0 Å². The molecule has 3 aliphatic rings. The van der Waals surface area contributed by atoms with Crippen LogP contribution in [-0.4, -0.2) is 71.4 Å². The number of carboxylic acids is 2. The number of aliphatic carboxylic acids is 2. The summed E-state index contributed by atoms with van der Waals surface area (Å²) in [6.07, 6.45) is 0. The summed E-state index contributed by atoms with van der Waals surface area (Å²) >= 11 is 0. The fourth-order valence-electron chi connectivity index (χ4n) is 5.98. The summed E-state index contributed by atoms with van der Waals surface area (Å²) in [5.74, 6) is -14.2. The van der Waals surface area contributed by atoms with Crippen LogP contribution in [0.1, 0.15) is 32.6 Å². The lowest BCUT2D eigenvalue weighted by Gasteiger charge is -2.20. The predicted molar refractivity (Wildman–Crippen MR) is 172 cm³/mol. The molecule has 0 aromatic heterocycles. The van der Waals surface area contributed by atoms with Gasteiger partial charge in [-0.3, -0.25) is 4.79 Å². The molecule has 0 amide bonds. The number of aliphatic hydroxyl groups is 2. The van der Waals surface area contributed by atoms with Gasteiger partial charge in [-0.2, -0.15) is 0 Å². The summed E-state index contributed by atoms with van der Waals surface area (Å²) in [7, 11) is 0. The quantitative estimate of drug-likeness (QED) is 0.0651. The molecule has 52 heavy (non-hydrogen) atoms. The van der Waals surface area contributed by atoms with E-state index in [0.29, 0.717) is 0 Å². The molecule has 7 rings (SSSR count). The Morgan fingerprint density at radius 2 is 1.02 bits per heavy atom. The lowest BCUT2D eigenvalue weighted by molar-refractivity contribution is -0.133. The topological polar surface area (TPSA) is 272 Å². The second-order valence-corrected chi connectivity index (χ2v) is 11.3. The van der Waals surface area contributed by atoms with Crippen molar-refractivity contribution in [2.45, 2.75) is 0 Å². The van der Waals surface area contributed by atoms with Crippen molar-refractivity contribution in [3.63, 3.8) is 0 Å². The summed E-state index contributed by atoms with van der Waals surface area (Å²) in [5, 5.41) is 72.2. The van der Waals surface area contributed by atoms with Crippen LogP contribution in [0.3, 0.4) is 0 Å². The third kappa shape index (κ3) is 4.94. The van der Waals surface area contributed by atoms with Gasteiger partial charge >= 0.3 is 29.8 Å². The molecule has 0 unspecified atom stereocenters. The van der Waals surface area contributed by atoms with Crippen LogP contribution in [0.15, 0.2) is 89.8 Å². The number of ether oxygens (including phenoxy) is 3. The molecule has 3 aliphatic heterocycles. The number of aromatic hydroxyl groups is 3. The van der Waals surface area contributed by atoms with Gasteiger partial charge in [-0.1, -0.05) is 24.3 Å². The molecule has 0 fully saturated rings. The molecule has 7 N–H and O–H groups in total. The van der Waals surface area contributed by atoms with Crippen molar-refractivity contribution in [2.24, 2.45) is 0 Å².